The average Bonchev–Trinajstić information content (AvgIpc) is 2.68. The molecule has 0 radical (unpaired) electrons. The fourth-order valence-electron chi connectivity index (χ4n) is 3.56. The van der Waals surface area contributed by atoms with Crippen LogP contribution in [0.4, 0.5) is 5.95 Å². The van der Waals surface area contributed by atoms with E-state index in [1.807, 2.05) is 24.3 Å². The quantitative estimate of drug-likeness (QED) is 0.660. The van der Waals surface area contributed by atoms with Crippen LogP contribution >= 0.6 is 0 Å². The standard InChI is InChI=1S/C18H19N5O2/c1-21-14-5-2-3-6-15(14)23(17(25)16(21)24)13-7-11-22(12-8-13)18-19-9-4-10-20-18/h2-6,9-10,13H,7-8,11-12H2,1H3. The average molecular weight is 337 g/mol. The van der Waals surface area contributed by atoms with Gasteiger partial charge in [0.2, 0.25) is 5.95 Å². The lowest BCUT2D eigenvalue weighted by atomic mass is 10.0. The number of benzene rings is 1. The predicted molar refractivity (Wildman–Crippen MR) is 96.0 cm³/mol. The van der Waals surface area contributed by atoms with Gasteiger partial charge in [-0.1, -0.05) is 12.1 Å². The number of fused-ring (bicyclic) bond motifs is 1. The van der Waals surface area contributed by atoms with Gasteiger partial charge in [-0.2, -0.15) is 0 Å². The molecule has 0 atom stereocenters. The number of nitrogens with zero attached hydrogens (tertiary/aromatic N) is 5. The van der Waals surface area contributed by atoms with Crippen LogP contribution in [-0.2, 0) is 7.05 Å². The van der Waals surface area contributed by atoms with Gasteiger partial charge >= 0.3 is 11.1 Å². The van der Waals surface area contributed by atoms with Gasteiger partial charge < -0.3 is 9.47 Å². The van der Waals surface area contributed by atoms with E-state index in [1.165, 1.54) is 4.57 Å². The molecule has 0 spiro atoms. The van der Waals surface area contributed by atoms with Crippen LogP contribution in [0, 0.1) is 0 Å². The molecule has 1 aromatic carbocycles. The molecule has 7 nitrogen and oxygen atoms in total. The minimum absolute atomic E-state index is 0.00580. The maximum atomic E-state index is 12.6. The van der Waals surface area contributed by atoms with E-state index in [2.05, 4.69) is 14.9 Å². The molecule has 1 saturated heterocycles. The van der Waals surface area contributed by atoms with Crippen molar-refractivity contribution < 1.29 is 0 Å². The Kier molecular flexibility index (Phi) is 3.83. The number of piperidine rings is 1. The number of hydrogen-bond acceptors (Lipinski definition) is 5. The molecular formula is C18H19N5O2. The monoisotopic (exact) mass is 337 g/mol. The molecule has 1 aliphatic heterocycles. The van der Waals surface area contributed by atoms with Crippen molar-refractivity contribution in [2.24, 2.45) is 7.05 Å². The van der Waals surface area contributed by atoms with Crippen molar-refractivity contribution >= 4 is 17.0 Å². The van der Waals surface area contributed by atoms with Crippen LogP contribution in [0.2, 0.25) is 0 Å². The lowest BCUT2D eigenvalue weighted by molar-refractivity contribution is 0.391. The van der Waals surface area contributed by atoms with Crippen LogP contribution in [0.1, 0.15) is 18.9 Å². The second kappa shape index (κ2) is 6.16. The Balaban J connectivity index is 1.70. The van der Waals surface area contributed by atoms with Gasteiger partial charge in [0.15, 0.2) is 0 Å². The summed E-state index contributed by atoms with van der Waals surface area (Å²) in [5, 5.41) is 0. The van der Waals surface area contributed by atoms with Gasteiger partial charge in [0.05, 0.1) is 11.0 Å². The molecule has 128 valence electrons. The summed E-state index contributed by atoms with van der Waals surface area (Å²) in [5.74, 6) is 0.710. The van der Waals surface area contributed by atoms with Gasteiger partial charge in [0.25, 0.3) is 0 Å². The fourth-order valence-corrected chi connectivity index (χ4v) is 3.56. The highest BCUT2D eigenvalue weighted by Gasteiger charge is 2.25. The van der Waals surface area contributed by atoms with Gasteiger partial charge in [-0.3, -0.25) is 14.2 Å². The summed E-state index contributed by atoms with van der Waals surface area (Å²) in [4.78, 5) is 35.7. The zero-order valence-corrected chi connectivity index (χ0v) is 14.0. The van der Waals surface area contributed by atoms with Crippen molar-refractivity contribution in [3.63, 3.8) is 0 Å². The Morgan fingerprint density at radius 1 is 0.920 bits per heavy atom. The van der Waals surface area contributed by atoms with Crippen molar-refractivity contribution in [2.75, 3.05) is 18.0 Å². The third-order valence-corrected chi connectivity index (χ3v) is 4.87. The Bertz CT molecular complexity index is 1020. The molecule has 0 unspecified atom stereocenters. The van der Waals surface area contributed by atoms with Crippen LogP contribution in [0.3, 0.4) is 0 Å². The van der Waals surface area contributed by atoms with Crippen LogP contribution in [0.25, 0.3) is 11.0 Å². The molecular weight excluding hydrogens is 318 g/mol. The topological polar surface area (TPSA) is 73.0 Å². The number of hydrogen-bond donors (Lipinski definition) is 0. The number of aryl methyl sites for hydroxylation is 1. The summed E-state index contributed by atoms with van der Waals surface area (Å²) < 4.78 is 3.11. The lowest BCUT2D eigenvalue weighted by Crippen LogP contribution is -2.45. The maximum Gasteiger partial charge on any atom is 0.317 e. The molecule has 3 aromatic rings. The zero-order chi connectivity index (χ0) is 17.4. The van der Waals surface area contributed by atoms with Gasteiger partial charge in [0.1, 0.15) is 0 Å². The number of rotatable bonds is 2. The van der Waals surface area contributed by atoms with E-state index in [1.54, 1.807) is 30.1 Å². The third-order valence-electron chi connectivity index (χ3n) is 4.87. The molecule has 3 heterocycles. The van der Waals surface area contributed by atoms with Crippen molar-refractivity contribution in [2.45, 2.75) is 18.9 Å². The Hall–Kier alpha value is -2.96. The predicted octanol–water partition coefficient (Wildman–Crippen LogP) is 1.33. The normalized spacial score (nSPS) is 15.6. The van der Waals surface area contributed by atoms with Gasteiger partial charge in [-0.25, -0.2) is 9.97 Å². The number of aromatic nitrogens is 4. The van der Waals surface area contributed by atoms with E-state index >= 15 is 0 Å². The van der Waals surface area contributed by atoms with Gasteiger partial charge in [0, 0.05) is 38.6 Å². The van der Waals surface area contributed by atoms with Gasteiger partial charge in [-0.15, -0.1) is 0 Å². The van der Waals surface area contributed by atoms with E-state index in [0.717, 1.165) is 37.0 Å². The molecule has 0 bridgehead atoms. The second-order valence-corrected chi connectivity index (χ2v) is 6.30. The molecule has 25 heavy (non-hydrogen) atoms. The highest BCUT2D eigenvalue weighted by atomic mass is 16.2. The van der Waals surface area contributed by atoms with Crippen LogP contribution in [0.15, 0.2) is 52.3 Å². The molecule has 0 amide bonds. The zero-order valence-electron chi connectivity index (χ0n) is 14.0. The summed E-state index contributed by atoms with van der Waals surface area (Å²) in [7, 11) is 1.64. The fraction of sp³-hybridized carbons (Fsp3) is 0.333. The Labute approximate surface area is 144 Å². The molecule has 2 aromatic heterocycles. The first kappa shape index (κ1) is 15.6. The molecule has 4 rings (SSSR count). The minimum Gasteiger partial charge on any atom is -0.341 e. The smallest absolute Gasteiger partial charge is 0.317 e. The largest absolute Gasteiger partial charge is 0.341 e. The molecule has 7 heteroatoms. The summed E-state index contributed by atoms with van der Waals surface area (Å²) >= 11 is 0. The maximum absolute atomic E-state index is 12.6. The molecule has 1 fully saturated rings. The Morgan fingerprint density at radius 2 is 1.56 bits per heavy atom. The first-order valence-electron chi connectivity index (χ1n) is 8.39. The van der Waals surface area contributed by atoms with E-state index in [9.17, 15) is 9.59 Å². The number of para-hydroxylation sites is 2. The van der Waals surface area contributed by atoms with Crippen LogP contribution < -0.4 is 16.0 Å². The molecule has 0 aliphatic carbocycles. The van der Waals surface area contributed by atoms with Crippen LogP contribution in [0.5, 0.6) is 0 Å². The second-order valence-electron chi connectivity index (χ2n) is 6.30. The summed E-state index contributed by atoms with van der Waals surface area (Å²) in [6.45, 7) is 1.51. The van der Waals surface area contributed by atoms with Crippen molar-refractivity contribution in [3.05, 3.63) is 63.4 Å². The van der Waals surface area contributed by atoms with Crippen molar-refractivity contribution in [1.82, 2.24) is 19.1 Å². The minimum atomic E-state index is -0.479. The summed E-state index contributed by atoms with van der Waals surface area (Å²) in [6.07, 6.45) is 5.01. The highest BCUT2D eigenvalue weighted by molar-refractivity contribution is 5.75. The molecule has 0 N–H and O–H groups in total. The van der Waals surface area contributed by atoms with Crippen LogP contribution in [-0.4, -0.2) is 32.2 Å². The SMILES string of the molecule is Cn1c(=O)c(=O)n(C2CCN(c3ncccn3)CC2)c2ccccc21. The first-order valence-corrected chi connectivity index (χ1v) is 8.39. The Morgan fingerprint density at radius 3 is 2.24 bits per heavy atom. The van der Waals surface area contributed by atoms with E-state index in [0.29, 0.717) is 5.95 Å². The third kappa shape index (κ3) is 2.61. The van der Waals surface area contributed by atoms with E-state index in [4.69, 9.17) is 0 Å². The van der Waals surface area contributed by atoms with Crippen molar-refractivity contribution in [3.8, 4) is 0 Å². The molecule has 1 aliphatic rings. The highest BCUT2D eigenvalue weighted by Crippen LogP contribution is 2.25. The molecule has 0 saturated carbocycles. The lowest BCUT2D eigenvalue weighted by Gasteiger charge is -2.33. The van der Waals surface area contributed by atoms with E-state index < -0.39 is 11.1 Å². The van der Waals surface area contributed by atoms with E-state index in [-0.39, 0.29) is 6.04 Å². The summed E-state index contributed by atoms with van der Waals surface area (Å²) in [6, 6.07) is 9.36. The first-order chi connectivity index (χ1) is 12.2. The summed E-state index contributed by atoms with van der Waals surface area (Å²) in [5.41, 5.74) is 0.660. The van der Waals surface area contributed by atoms with Gasteiger partial charge in [-0.05, 0) is 31.0 Å². The number of anilines is 1. The van der Waals surface area contributed by atoms with Crippen molar-refractivity contribution in [1.29, 1.82) is 0 Å².